The van der Waals surface area contributed by atoms with Crippen LogP contribution in [0.4, 0.5) is 5.82 Å². The first-order valence-electron chi connectivity index (χ1n) is 9.50. The van der Waals surface area contributed by atoms with E-state index in [1.807, 2.05) is 35.0 Å². The predicted octanol–water partition coefficient (Wildman–Crippen LogP) is 5.36. The van der Waals surface area contributed by atoms with Gasteiger partial charge >= 0.3 is 0 Å². The van der Waals surface area contributed by atoms with E-state index in [2.05, 4.69) is 22.4 Å². The molecule has 0 amide bonds. The fourth-order valence-electron chi connectivity index (χ4n) is 3.90. The number of fused-ring (bicyclic) bond motifs is 2. The quantitative estimate of drug-likeness (QED) is 0.519. The monoisotopic (exact) mass is 378 g/mol. The molecule has 5 rings (SSSR count). The first-order valence-corrected chi connectivity index (χ1v) is 10.3. The Morgan fingerprint density at radius 3 is 2.89 bits per heavy atom. The number of hydrogen-bond donors (Lipinski definition) is 1. The van der Waals surface area contributed by atoms with Gasteiger partial charge in [-0.3, -0.25) is 0 Å². The van der Waals surface area contributed by atoms with Crippen molar-refractivity contribution < 1.29 is 4.74 Å². The summed E-state index contributed by atoms with van der Waals surface area (Å²) >= 11 is 1.72. The van der Waals surface area contributed by atoms with Gasteiger partial charge in [0.1, 0.15) is 17.3 Å². The van der Waals surface area contributed by atoms with Crippen LogP contribution in [0.3, 0.4) is 0 Å². The number of imidazole rings is 1. The summed E-state index contributed by atoms with van der Waals surface area (Å²) in [5.41, 5.74) is 1.88. The van der Waals surface area contributed by atoms with Crippen molar-refractivity contribution in [1.82, 2.24) is 14.6 Å². The fourth-order valence-corrected chi connectivity index (χ4v) is 5.04. The fraction of sp³-hybridized carbons (Fsp3) is 0.333. The van der Waals surface area contributed by atoms with Crippen LogP contribution >= 0.6 is 11.3 Å². The minimum absolute atomic E-state index is 0.532. The molecule has 0 bridgehead atoms. The van der Waals surface area contributed by atoms with Gasteiger partial charge in [0.15, 0.2) is 5.65 Å². The normalized spacial score (nSPS) is 15.4. The maximum Gasteiger partial charge on any atom is 0.154 e. The Balaban J connectivity index is 1.54. The van der Waals surface area contributed by atoms with Crippen LogP contribution in [0.25, 0.3) is 26.3 Å². The van der Waals surface area contributed by atoms with E-state index in [9.17, 15) is 0 Å². The molecular weight excluding hydrogens is 356 g/mol. The lowest BCUT2D eigenvalue weighted by Gasteiger charge is -2.23. The molecule has 1 saturated carbocycles. The Bertz CT molecular complexity index is 1090. The van der Waals surface area contributed by atoms with Crippen LogP contribution in [0.15, 0.2) is 42.6 Å². The van der Waals surface area contributed by atoms with E-state index in [0.717, 1.165) is 32.5 Å². The smallest absolute Gasteiger partial charge is 0.154 e. The van der Waals surface area contributed by atoms with Crippen LogP contribution in [-0.2, 0) is 0 Å². The molecule has 3 aromatic heterocycles. The van der Waals surface area contributed by atoms with Gasteiger partial charge < -0.3 is 10.1 Å². The molecule has 3 heterocycles. The maximum atomic E-state index is 5.51. The standard InChI is InChI=1S/C21H22N4OS/c1-26-17-9-5-6-14-12-18(27-21(14)17)16-13-22-20-11-10-19(24-25(16)20)23-15-7-3-2-4-8-15/h5-6,9-13,15H,2-4,7-8H2,1H3,(H,23,24). The highest BCUT2D eigenvalue weighted by Crippen LogP contribution is 2.38. The van der Waals surface area contributed by atoms with Crippen molar-refractivity contribution in [3.8, 4) is 16.3 Å². The van der Waals surface area contributed by atoms with E-state index in [-0.39, 0.29) is 0 Å². The van der Waals surface area contributed by atoms with Crippen molar-refractivity contribution in [2.45, 2.75) is 38.1 Å². The molecular formula is C21H22N4OS. The number of aromatic nitrogens is 3. The number of benzene rings is 1. The average Bonchev–Trinajstić information content (AvgIpc) is 3.32. The highest BCUT2D eigenvalue weighted by atomic mass is 32.1. The second-order valence-corrected chi connectivity index (χ2v) is 8.15. The van der Waals surface area contributed by atoms with Gasteiger partial charge in [-0.15, -0.1) is 16.4 Å². The molecule has 4 aromatic rings. The number of nitrogens with one attached hydrogen (secondary N) is 1. The number of rotatable bonds is 4. The van der Waals surface area contributed by atoms with Crippen LogP contribution in [0.1, 0.15) is 32.1 Å². The molecule has 27 heavy (non-hydrogen) atoms. The van der Waals surface area contributed by atoms with Gasteiger partial charge in [-0.25, -0.2) is 9.50 Å². The predicted molar refractivity (Wildman–Crippen MR) is 111 cm³/mol. The number of hydrogen-bond acceptors (Lipinski definition) is 5. The van der Waals surface area contributed by atoms with Gasteiger partial charge in [-0.1, -0.05) is 31.4 Å². The summed E-state index contributed by atoms with van der Waals surface area (Å²) < 4.78 is 8.61. The second kappa shape index (κ2) is 6.85. The minimum atomic E-state index is 0.532. The lowest BCUT2D eigenvalue weighted by Crippen LogP contribution is -2.23. The lowest BCUT2D eigenvalue weighted by molar-refractivity contribution is 0.420. The summed E-state index contributed by atoms with van der Waals surface area (Å²) in [5.74, 6) is 1.83. The molecule has 0 atom stereocenters. The Hall–Kier alpha value is -2.60. The molecule has 0 saturated heterocycles. The third-order valence-electron chi connectivity index (χ3n) is 5.30. The van der Waals surface area contributed by atoms with Crippen molar-refractivity contribution in [2.75, 3.05) is 12.4 Å². The van der Waals surface area contributed by atoms with Gasteiger partial charge in [0, 0.05) is 6.04 Å². The third kappa shape index (κ3) is 3.04. The van der Waals surface area contributed by atoms with Crippen molar-refractivity contribution >= 4 is 32.9 Å². The second-order valence-electron chi connectivity index (χ2n) is 7.10. The van der Waals surface area contributed by atoms with E-state index in [4.69, 9.17) is 9.84 Å². The molecule has 1 aliphatic rings. The molecule has 0 radical (unpaired) electrons. The topological polar surface area (TPSA) is 51.5 Å². The maximum absolute atomic E-state index is 5.51. The van der Waals surface area contributed by atoms with Crippen LogP contribution in [0, 0.1) is 0 Å². The largest absolute Gasteiger partial charge is 0.495 e. The number of nitrogens with zero attached hydrogens (tertiary/aromatic N) is 3. The van der Waals surface area contributed by atoms with Crippen molar-refractivity contribution in [2.24, 2.45) is 0 Å². The van der Waals surface area contributed by atoms with Gasteiger partial charge in [0.2, 0.25) is 0 Å². The molecule has 0 unspecified atom stereocenters. The highest BCUT2D eigenvalue weighted by Gasteiger charge is 2.16. The molecule has 0 spiro atoms. The molecule has 1 fully saturated rings. The van der Waals surface area contributed by atoms with Crippen molar-refractivity contribution in [1.29, 1.82) is 0 Å². The van der Waals surface area contributed by atoms with E-state index in [0.29, 0.717) is 6.04 Å². The first-order chi connectivity index (χ1) is 13.3. The summed E-state index contributed by atoms with van der Waals surface area (Å²) in [4.78, 5) is 5.69. The van der Waals surface area contributed by atoms with Gasteiger partial charge in [-0.2, -0.15) is 0 Å². The summed E-state index contributed by atoms with van der Waals surface area (Å²) in [7, 11) is 1.72. The molecule has 1 aromatic carbocycles. The van der Waals surface area contributed by atoms with E-state index in [1.54, 1.807) is 18.4 Å². The first kappa shape index (κ1) is 16.6. The number of ether oxygens (including phenoxy) is 1. The number of anilines is 1. The molecule has 138 valence electrons. The van der Waals surface area contributed by atoms with Crippen LogP contribution in [-0.4, -0.2) is 27.7 Å². The van der Waals surface area contributed by atoms with Crippen molar-refractivity contribution in [3.05, 3.63) is 42.6 Å². The Kier molecular flexibility index (Phi) is 4.20. The van der Waals surface area contributed by atoms with Gasteiger partial charge in [0.05, 0.1) is 22.9 Å². The molecule has 1 N–H and O–H groups in total. The summed E-state index contributed by atoms with van der Waals surface area (Å²) in [5, 5.41) is 9.63. The molecule has 6 heteroatoms. The van der Waals surface area contributed by atoms with E-state index >= 15 is 0 Å². The Labute approximate surface area is 162 Å². The van der Waals surface area contributed by atoms with E-state index < -0.39 is 0 Å². The zero-order valence-corrected chi connectivity index (χ0v) is 16.1. The molecule has 0 aliphatic heterocycles. The highest BCUT2D eigenvalue weighted by molar-refractivity contribution is 7.22. The third-order valence-corrected chi connectivity index (χ3v) is 6.49. The molecule has 1 aliphatic carbocycles. The van der Waals surface area contributed by atoms with E-state index in [1.165, 1.54) is 37.5 Å². The molecule has 5 nitrogen and oxygen atoms in total. The minimum Gasteiger partial charge on any atom is -0.495 e. The van der Waals surface area contributed by atoms with Crippen LogP contribution < -0.4 is 10.1 Å². The summed E-state index contributed by atoms with van der Waals surface area (Å²) in [6, 6.07) is 12.9. The average molecular weight is 379 g/mol. The Morgan fingerprint density at radius 1 is 1.15 bits per heavy atom. The van der Waals surface area contributed by atoms with Gasteiger partial charge in [0.25, 0.3) is 0 Å². The van der Waals surface area contributed by atoms with Crippen molar-refractivity contribution in [3.63, 3.8) is 0 Å². The van der Waals surface area contributed by atoms with Crippen LogP contribution in [0.2, 0.25) is 0 Å². The summed E-state index contributed by atoms with van der Waals surface area (Å²) in [6.07, 6.45) is 8.33. The summed E-state index contributed by atoms with van der Waals surface area (Å²) in [6.45, 7) is 0. The van der Waals surface area contributed by atoms with Gasteiger partial charge in [-0.05, 0) is 42.5 Å². The zero-order chi connectivity index (χ0) is 18.2. The zero-order valence-electron chi connectivity index (χ0n) is 15.3. The Morgan fingerprint density at radius 2 is 2.04 bits per heavy atom. The number of methoxy groups -OCH3 is 1. The lowest BCUT2D eigenvalue weighted by atomic mass is 9.95. The van der Waals surface area contributed by atoms with Crippen LogP contribution in [0.5, 0.6) is 5.75 Å². The number of thiophene rings is 1. The SMILES string of the molecule is COc1cccc2cc(-c3cnc4ccc(NC5CCCCC5)nn34)sc12.